The first kappa shape index (κ1) is 22.6. The van der Waals surface area contributed by atoms with Crippen molar-refractivity contribution in [2.75, 3.05) is 6.61 Å². The Balaban J connectivity index is 1.80. The highest BCUT2D eigenvalue weighted by atomic mass is 35.5. The number of hydrogen-bond donors (Lipinski definition) is 1. The van der Waals surface area contributed by atoms with Gasteiger partial charge in [-0.3, -0.25) is 4.79 Å². The lowest BCUT2D eigenvalue weighted by Crippen LogP contribution is -2.17. The molecule has 0 atom stereocenters. The molecular formula is C23H21Cl2N3O3. The van der Waals surface area contributed by atoms with Crippen LogP contribution >= 0.6 is 23.2 Å². The van der Waals surface area contributed by atoms with Crippen molar-refractivity contribution in [2.45, 2.75) is 20.8 Å². The highest BCUT2D eigenvalue weighted by Crippen LogP contribution is 2.23. The van der Waals surface area contributed by atoms with Crippen LogP contribution in [0.1, 0.15) is 44.6 Å². The minimum Gasteiger partial charge on any atom is -0.462 e. The van der Waals surface area contributed by atoms with Crippen LogP contribution in [0.15, 0.2) is 53.6 Å². The van der Waals surface area contributed by atoms with Crippen molar-refractivity contribution >= 4 is 41.3 Å². The van der Waals surface area contributed by atoms with Crippen LogP contribution in [-0.2, 0) is 4.74 Å². The van der Waals surface area contributed by atoms with Crippen LogP contribution in [0, 0.1) is 13.8 Å². The Labute approximate surface area is 190 Å². The number of aromatic nitrogens is 1. The lowest BCUT2D eigenvalue weighted by molar-refractivity contribution is 0.0526. The number of hydrogen-bond acceptors (Lipinski definition) is 4. The van der Waals surface area contributed by atoms with Crippen molar-refractivity contribution in [1.82, 2.24) is 9.99 Å². The summed E-state index contributed by atoms with van der Waals surface area (Å²) in [7, 11) is 0. The van der Waals surface area contributed by atoms with Gasteiger partial charge in [-0.15, -0.1) is 0 Å². The number of carbonyl (C=O) groups excluding carboxylic acids is 2. The van der Waals surface area contributed by atoms with Gasteiger partial charge in [0.15, 0.2) is 0 Å². The normalized spacial score (nSPS) is 11.0. The van der Waals surface area contributed by atoms with Gasteiger partial charge in [0, 0.05) is 28.2 Å². The predicted octanol–water partition coefficient (Wildman–Crippen LogP) is 5.34. The summed E-state index contributed by atoms with van der Waals surface area (Å²) >= 11 is 11.8. The van der Waals surface area contributed by atoms with E-state index in [1.54, 1.807) is 37.4 Å². The van der Waals surface area contributed by atoms with Gasteiger partial charge in [-0.05, 0) is 63.2 Å². The number of ether oxygens (including phenoxy) is 1. The average molecular weight is 458 g/mol. The van der Waals surface area contributed by atoms with E-state index in [0.29, 0.717) is 27.8 Å². The number of amides is 1. The molecule has 1 N–H and O–H groups in total. The molecule has 3 rings (SSSR count). The fourth-order valence-corrected chi connectivity index (χ4v) is 3.46. The van der Waals surface area contributed by atoms with Crippen LogP contribution in [0.4, 0.5) is 0 Å². The van der Waals surface area contributed by atoms with Gasteiger partial charge in [0.1, 0.15) is 0 Å². The van der Waals surface area contributed by atoms with E-state index in [1.807, 2.05) is 36.6 Å². The Morgan fingerprint density at radius 3 is 2.55 bits per heavy atom. The molecule has 0 radical (unpaired) electrons. The Kier molecular flexibility index (Phi) is 7.15. The second-order valence-electron chi connectivity index (χ2n) is 6.76. The van der Waals surface area contributed by atoms with Crippen molar-refractivity contribution in [3.63, 3.8) is 0 Å². The summed E-state index contributed by atoms with van der Waals surface area (Å²) in [5.74, 6) is -0.760. The summed E-state index contributed by atoms with van der Waals surface area (Å²) in [5.41, 5.74) is 6.85. The summed E-state index contributed by atoms with van der Waals surface area (Å²) in [5, 5.41) is 4.74. The molecule has 1 aromatic heterocycles. The minimum absolute atomic E-state index is 0.298. The molecule has 3 aromatic rings. The van der Waals surface area contributed by atoms with Crippen molar-refractivity contribution in [3.8, 4) is 5.69 Å². The van der Waals surface area contributed by atoms with Crippen LogP contribution in [0.25, 0.3) is 5.69 Å². The average Bonchev–Trinajstić information content (AvgIpc) is 3.03. The van der Waals surface area contributed by atoms with Crippen molar-refractivity contribution < 1.29 is 14.3 Å². The summed E-state index contributed by atoms with van der Waals surface area (Å²) in [6, 6.07) is 13.8. The zero-order valence-electron chi connectivity index (χ0n) is 17.3. The predicted molar refractivity (Wildman–Crippen MR) is 123 cm³/mol. The minimum atomic E-state index is -0.397. The van der Waals surface area contributed by atoms with Gasteiger partial charge in [0.05, 0.1) is 28.4 Å². The summed E-state index contributed by atoms with van der Waals surface area (Å²) in [6.07, 6.45) is 1.57. The smallest absolute Gasteiger partial charge is 0.338 e. The Bertz CT molecular complexity index is 1170. The Morgan fingerprint density at radius 2 is 1.84 bits per heavy atom. The molecule has 1 heterocycles. The van der Waals surface area contributed by atoms with Gasteiger partial charge < -0.3 is 9.30 Å². The van der Waals surface area contributed by atoms with E-state index in [2.05, 4.69) is 10.5 Å². The molecule has 160 valence electrons. The molecule has 0 aliphatic heterocycles. The molecule has 0 spiro atoms. The molecule has 8 heteroatoms. The molecule has 2 aromatic carbocycles. The number of carbonyl (C=O) groups is 2. The van der Waals surface area contributed by atoms with Crippen LogP contribution in [0.2, 0.25) is 10.0 Å². The second kappa shape index (κ2) is 9.81. The molecule has 6 nitrogen and oxygen atoms in total. The van der Waals surface area contributed by atoms with E-state index >= 15 is 0 Å². The van der Waals surface area contributed by atoms with E-state index < -0.39 is 5.91 Å². The lowest BCUT2D eigenvalue weighted by atomic mass is 10.2. The maximum Gasteiger partial charge on any atom is 0.338 e. The molecule has 0 bridgehead atoms. The molecule has 0 saturated carbocycles. The number of hydrazone groups is 1. The van der Waals surface area contributed by atoms with Crippen LogP contribution in [0.3, 0.4) is 0 Å². The lowest BCUT2D eigenvalue weighted by Gasteiger charge is -2.11. The maximum atomic E-state index is 12.3. The third-order valence-corrected chi connectivity index (χ3v) is 5.38. The number of halogens is 2. The van der Waals surface area contributed by atoms with Gasteiger partial charge in [0.25, 0.3) is 5.91 Å². The van der Waals surface area contributed by atoms with Crippen molar-refractivity contribution in [2.24, 2.45) is 5.10 Å². The van der Waals surface area contributed by atoms with Crippen molar-refractivity contribution in [1.29, 1.82) is 0 Å². The molecule has 31 heavy (non-hydrogen) atoms. The first-order chi connectivity index (χ1) is 14.8. The quantitative estimate of drug-likeness (QED) is 0.308. The highest BCUT2D eigenvalue weighted by molar-refractivity contribution is 6.42. The molecule has 1 amide bonds. The summed E-state index contributed by atoms with van der Waals surface area (Å²) < 4.78 is 7.09. The fourth-order valence-electron chi connectivity index (χ4n) is 3.16. The van der Waals surface area contributed by atoms with Gasteiger partial charge >= 0.3 is 5.97 Å². The first-order valence-electron chi connectivity index (χ1n) is 9.56. The Morgan fingerprint density at radius 1 is 1.06 bits per heavy atom. The zero-order valence-corrected chi connectivity index (χ0v) is 18.8. The number of nitrogens with zero attached hydrogens (tertiary/aromatic N) is 2. The van der Waals surface area contributed by atoms with Crippen molar-refractivity contribution in [3.05, 3.63) is 86.7 Å². The van der Waals surface area contributed by atoms with Crippen LogP contribution in [-0.4, -0.2) is 29.3 Å². The second-order valence-corrected chi connectivity index (χ2v) is 7.58. The van der Waals surface area contributed by atoms with Gasteiger partial charge in [0.2, 0.25) is 0 Å². The van der Waals surface area contributed by atoms with E-state index in [0.717, 1.165) is 22.6 Å². The van der Waals surface area contributed by atoms with Crippen LogP contribution < -0.4 is 5.43 Å². The van der Waals surface area contributed by atoms with E-state index in [9.17, 15) is 9.59 Å². The van der Waals surface area contributed by atoms with Gasteiger partial charge in [-0.1, -0.05) is 29.3 Å². The zero-order chi connectivity index (χ0) is 22.5. The standard InChI is InChI=1S/C23H21Cl2N3O3/c1-4-31-23(30)17-6-5-7-19(11-17)28-14(2)10-18(15(28)3)13-26-27-22(29)16-8-9-20(24)21(25)12-16/h5-13H,4H2,1-3H3,(H,27,29)/b26-13-. The number of aryl methyl sites for hydroxylation is 1. The molecule has 0 aliphatic carbocycles. The van der Waals surface area contributed by atoms with Gasteiger partial charge in [-0.2, -0.15) is 5.10 Å². The van der Waals surface area contributed by atoms with Gasteiger partial charge in [-0.25, -0.2) is 10.2 Å². The van der Waals surface area contributed by atoms with Crippen LogP contribution in [0.5, 0.6) is 0 Å². The molecular weight excluding hydrogens is 437 g/mol. The third kappa shape index (κ3) is 5.16. The Hall–Kier alpha value is -3.09. The third-order valence-electron chi connectivity index (χ3n) is 4.64. The topological polar surface area (TPSA) is 72.7 Å². The number of rotatable bonds is 6. The number of benzene rings is 2. The summed E-state index contributed by atoms with van der Waals surface area (Å²) in [4.78, 5) is 24.3. The molecule has 0 fully saturated rings. The maximum absolute atomic E-state index is 12.3. The van der Waals surface area contributed by atoms with E-state index in [1.165, 1.54) is 6.07 Å². The molecule has 0 unspecified atom stereocenters. The first-order valence-corrected chi connectivity index (χ1v) is 10.3. The molecule has 0 aliphatic rings. The largest absolute Gasteiger partial charge is 0.462 e. The van der Waals surface area contributed by atoms with E-state index in [4.69, 9.17) is 27.9 Å². The fraction of sp³-hybridized carbons (Fsp3) is 0.174. The highest BCUT2D eigenvalue weighted by Gasteiger charge is 2.13. The number of nitrogens with one attached hydrogen (secondary N) is 1. The van der Waals surface area contributed by atoms with E-state index in [-0.39, 0.29) is 5.97 Å². The monoisotopic (exact) mass is 457 g/mol. The number of esters is 1. The summed E-state index contributed by atoms with van der Waals surface area (Å²) in [6.45, 7) is 5.98. The SMILES string of the molecule is CCOC(=O)c1cccc(-n2c(C)cc(/C=N\NC(=O)c3ccc(Cl)c(Cl)c3)c2C)c1. The molecule has 0 saturated heterocycles.